The summed E-state index contributed by atoms with van der Waals surface area (Å²) in [7, 11) is 1.40. The number of nitrogens with one attached hydrogen (secondary N) is 1. The maximum Gasteiger partial charge on any atom is 0.326 e. The Kier molecular flexibility index (Phi) is 7.51. The second-order valence-corrected chi connectivity index (χ2v) is 11.2. The van der Waals surface area contributed by atoms with Crippen LogP contribution in [0.1, 0.15) is 17.0 Å². The summed E-state index contributed by atoms with van der Waals surface area (Å²) < 4.78 is 5.24. The number of anilines is 3. The predicted octanol–water partition coefficient (Wildman–Crippen LogP) is 7.46. The van der Waals surface area contributed by atoms with E-state index in [-0.39, 0.29) is 24.5 Å². The Labute approximate surface area is 252 Å². The van der Waals surface area contributed by atoms with E-state index in [0.29, 0.717) is 39.5 Å². The van der Waals surface area contributed by atoms with E-state index >= 15 is 0 Å². The molecule has 7 nitrogen and oxygen atoms in total. The molecule has 1 N–H and O–H groups in total. The van der Waals surface area contributed by atoms with Gasteiger partial charge in [0.15, 0.2) is 0 Å². The van der Waals surface area contributed by atoms with Crippen LogP contribution in [0.15, 0.2) is 79.0 Å². The van der Waals surface area contributed by atoms with Crippen molar-refractivity contribution in [2.24, 2.45) is 5.92 Å². The van der Waals surface area contributed by atoms with Crippen molar-refractivity contribution in [1.29, 1.82) is 0 Å². The number of methoxy groups -OCH3 is 1. The first-order chi connectivity index (χ1) is 19.9. The van der Waals surface area contributed by atoms with Crippen LogP contribution >= 0.6 is 34.8 Å². The number of hydrogen-bond donors (Lipinski definition) is 1. The van der Waals surface area contributed by atoms with Gasteiger partial charge in [-0.2, -0.15) is 0 Å². The van der Waals surface area contributed by atoms with Gasteiger partial charge in [0, 0.05) is 47.9 Å². The zero-order valence-corrected chi connectivity index (χ0v) is 24.2. The molecule has 2 unspecified atom stereocenters. The van der Waals surface area contributed by atoms with Gasteiger partial charge in [-0.3, -0.25) is 9.69 Å². The standard InChI is InChI=1S/C31H25Cl3N4O3/c1-41-30(39)23-17-37(28-11-4-5-12-35-28)16-22(23)18-13-20(19-7-2-3-8-24(19)32)21-15-36-31(40)38(27(21)14-18)29-25(33)9-6-10-26(29)34/h2-14,22-23H,15-17H2,1H3,(H,36,40). The molecule has 3 aromatic carbocycles. The van der Waals surface area contributed by atoms with E-state index in [9.17, 15) is 9.59 Å². The lowest BCUT2D eigenvalue weighted by molar-refractivity contribution is -0.145. The molecule has 1 saturated heterocycles. The highest BCUT2D eigenvalue weighted by Gasteiger charge is 2.41. The van der Waals surface area contributed by atoms with Gasteiger partial charge < -0.3 is 15.0 Å². The minimum absolute atomic E-state index is 0.260. The molecule has 0 spiro atoms. The lowest BCUT2D eigenvalue weighted by atomic mass is 9.84. The van der Waals surface area contributed by atoms with Crippen molar-refractivity contribution in [2.75, 3.05) is 30.0 Å². The minimum atomic E-state index is -0.464. The quantitative estimate of drug-likeness (QED) is 0.238. The van der Waals surface area contributed by atoms with Crippen LogP contribution in [0.3, 0.4) is 0 Å². The first kappa shape index (κ1) is 27.4. The van der Waals surface area contributed by atoms with Gasteiger partial charge in [0.25, 0.3) is 0 Å². The smallest absolute Gasteiger partial charge is 0.326 e. The number of pyridine rings is 1. The maximum absolute atomic E-state index is 13.4. The van der Waals surface area contributed by atoms with Gasteiger partial charge in [-0.25, -0.2) is 9.78 Å². The van der Waals surface area contributed by atoms with Crippen molar-refractivity contribution in [3.63, 3.8) is 0 Å². The van der Waals surface area contributed by atoms with E-state index in [1.54, 1.807) is 24.4 Å². The number of aromatic nitrogens is 1. The Morgan fingerprint density at radius 3 is 2.37 bits per heavy atom. The third-order valence-electron chi connectivity index (χ3n) is 7.66. The van der Waals surface area contributed by atoms with Crippen molar-refractivity contribution in [1.82, 2.24) is 10.3 Å². The van der Waals surface area contributed by atoms with Crippen LogP contribution in [0.25, 0.3) is 11.1 Å². The first-order valence-electron chi connectivity index (χ1n) is 13.0. The highest BCUT2D eigenvalue weighted by molar-refractivity contribution is 6.40. The summed E-state index contributed by atoms with van der Waals surface area (Å²) >= 11 is 19.9. The van der Waals surface area contributed by atoms with Crippen LogP contribution in [-0.2, 0) is 16.1 Å². The van der Waals surface area contributed by atoms with Crippen LogP contribution in [0.4, 0.5) is 22.0 Å². The Morgan fingerprint density at radius 2 is 1.66 bits per heavy atom. The van der Waals surface area contributed by atoms with E-state index in [1.165, 1.54) is 12.0 Å². The average molecular weight is 608 g/mol. The molecule has 2 amide bonds. The van der Waals surface area contributed by atoms with Gasteiger partial charge in [0.2, 0.25) is 0 Å². The van der Waals surface area contributed by atoms with E-state index in [0.717, 1.165) is 28.1 Å². The zero-order chi connectivity index (χ0) is 28.7. The van der Waals surface area contributed by atoms with E-state index in [4.69, 9.17) is 39.5 Å². The van der Waals surface area contributed by atoms with Gasteiger partial charge >= 0.3 is 12.0 Å². The Bertz CT molecular complexity index is 1630. The molecule has 0 radical (unpaired) electrons. The van der Waals surface area contributed by atoms with E-state index < -0.39 is 5.92 Å². The lowest BCUT2D eigenvalue weighted by Gasteiger charge is -2.34. The number of esters is 1. The van der Waals surface area contributed by atoms with Crippen LogP contribution in [0.2, 0.25) is 15.1 Å². The second-order valence-electron chi connectivity index (χ2n) is 9.94. The van der Waals surface area contributed by atoms with Gasteiger partial charge in [-0.1, -0.05) is 71.2 Å². The highest BCUT2D eigenvalue weighted by atomic mass is 35.5. The monoisotopic (exact) mass is 606 g/mol. The van der Waals surface area contributed by atoms with Crippen molar-refractivity contribution in [2.45, 2.75) is 12.5 Å². The number of para-hydroxylation sites is 1. The molecule has 0 bridgehead atoms. The third kappa shape index (κ3) is 4.99. The summed E-state index contributed by atoms with van der Waals surface area (Å²) in [6.45, 7) is 1.24. The minimum Gasteiger partial charge on any atom is -0.469 e. The Balaban J connectivity index is 1.57. The summed E-state index contributed by atoms with van der Waals surface area (Å²) in [4.78, 5) is 34.6. The molecular formula is C31H25Cl3N4O3. The fourth-order valence-corrected chi connectivity index (χ4v) is 6.54. The van der Waals surface area contributed by atoms with Gasteiger partial charge in [0.1, 0.15) is 5.82 Å². The number of hydrogen-bond acceptors (Lipinski definition) is 5. The summed E-state index contributed by atoms with van der Waals surface area (Å²) in [6, 6.07) is 22.0. The summed E-state index contributed by atoms with van der Waals surface area (Å²) in [5.41, 5.74) is 4.36. The van der Waals surface area contributed by atoms with Crippen molar-refractivity contribution >= 4 is 64.0 Å². The van der Waals surface area contributed by atoms with Gasteiger partial charge in [-0.05, 0) is 47.5 Å². The SMILES string of the molecule is COC(=O)C1CN(c2ccccn2)CC1c1cc(-c2ccccc2Cl)c2c(c1)N(c1c(Cl)cccc1Cl)C(=O)NC2. The zero-order valence-electron chi connectivity index (χ0n) is 22.0. The van der Waals surface area contributed by atoms with Crippen LogP contribution < -0.4 is 15.1 Å². The second kappa shape index (κ2) is 11.2. The number of fused-ring (bicyclic) bond motifs is 1. The molecule has 6 rings (SSSR count). The van der Waals surface area contributed by atoms with Gasteiger partial charge in [0.05, 0.1) is 34.4 Å². The fraction of sp³-hybridized carbons (Fsp3) is 0.194. The van der Waals surface area contributed by atoms with Crippen LogP contribution in [0.5, 0.6) is 0 Å². The lowest BCUT2D eigenvalue weighted by Crippen LogP contribution is -2.42. The normalized spacial score (nSPS) is 18.2. The molecule has 10 heteroatoms. The molecule has 1 fully saturated rings. The Hall–Kier alpha value is -3.78. The summed E-state index contributed by atoms with van der Waals surface area (Å²) in [5.74, 6) is -0.260. The van der Waals surface area contributed by atoms with E-state index in [1.807, 2.05) is 48.5 Å². The van der Waals surface area contributed by atoms with Crippen molar-refractivity contribution in [3.8, 4) is 11.1 Å². The third-order valence-corrected chi connectivity index (χ3v) is 8.60. The highest BCUT2D eigenvalue weighted by Crippen LogP contribution is 2.47. The fourth-order valence-electron chi connectivity index (χ4n) is 5.73. The van der Waals surface area contributed by atoms with Crippen molar-refractivity contribution in [3.05, 3.63) is 105 Å². The molecular weight excluding hydrogens is 583 g/mol. The predicted molar refractivity (Wildman–Crippen MR) is 162 cm³/mol. The molecule has 2 aliphatic rings. The van der Waals surface area contributed by atoms with Crippen molar-refractivity contribution < 1.29 is 14.3 Å². The van der Waals surface area contributed by atoms with E-state index in [2.05, 4.69) is 21.3 Å². The largest absolute Gasteiger partial charge is 0.469 e. The summed E-state index contributed by atoms with van der Waals surface area (Å²) in [6.07, 6.45) is 1.73. The number of ether oxygens (including phenoxy) is 1. The molecule has 3 heterocycles. The summed E-state index contributed by atoms with van der Waals surface area (Å²) in [5, 5.41) is 4.19. The molecule has 0 aliphatic carbocycles. The number of carbonyl (C=O) groups is 2. The van der Waals surface area contributed by atoms with Gasteiger partial charge in [-0.15, -0.1) is 0 Å². The average Bonchev–Trinajstić information content (AvgIpc) is 3.44. The number of nitrogens with zero attached hydrogens (tertiary/aromatic N) is 3. The molecule has 0 saturated carbocycles. The number of rotatable bonds is 5. The molecule has 2 aliphatic heterocycles. The molecule has 1 aromatic heterocycles. The number of carbonyl (C=O) groups excluding carboxylic acids is 2. The topological polar surface area (TPSA) is 74.8 Å². The molecule has 4 aromatic rings. The number of benzene rings is 3. The van der Waals surface area contributed by atoms with Crippen LogP contribution in [-0.4, -0.2) is 37.2 Å². The Morgan fingerprint density at radius 1 is 0.927 bits per heavy atom. The first-order valence-corrected chi connectivity index (χ1v) is 14.2. The molecule has 41 heavy (non-hydrogen) atoms. The van der Waals surface area contributed by atoms with Crippen LogP contribution in [0, 0.1) is 5.92 Å². The molecule has 208 valence electrons. The molecule has 2 atom stereocenters. The maximum atomic E-state index is 13.4. The number of amides is 2. The number of halogens is 3. The number of urea groups is 1.